The second kappa shape index (κ2) is 10.7. The zero-order valence-corrected chi connectivity index (χ0v) is 19.0. The number of hydrogen-bond donors (Lipinski definition) is 2. The van der Waals surface area contributed by atoms with Gasteiger partial charge in [0.1, 0.15) is 11.6 Å². The monoisotopic (exact) mass is 477 g/mol. The largest absolute Gasteiger partial charge is 0.496 e. The minimum atomic E-state index is -0.735. The highest BCUT2D eigenvalue weighted by Crippen LogP contribution is 2.22. The van der Waals surface area contributed by atoms with Gasteiger partial charge in [0.15, 0.2) is 11.5 Å². The maximum Gasteiger partial charge on any atom is 0.273 e. The molecule has 4 rings (SSSR count). The highest BCUT2D eigenvalue weighted by molar-refractivity contribution is 6.07. The average molecular weight is 477 g/mol. The number of anilines is 1. The van der Waals surface area contributed by atoms with Crippen molar-refractivity contribution in [1.82, 2.24) is 20.2 Å². The number of methoxy groups -OCH3 is 1. The number of nitrogens with one attached hydrogen (secondary N) is 2. The van der Waals surface area contributed by atoms with Crippen LogP contribution in [0.25, 0.3) is 0 Å². The molecule has 2 N–H and O–H groups in total. The molecular formula is C25H24FN5O4. The number of halogens is 1. The third kappa shape index (κ3) is 5.43. The lowest BCUT2D eigenvalue weighted by Crippen LogP contribution is -2.46. The number of para-hydroxylation sites is 1. The highest BCUT2D eigenvalue weighted by Gasteiger charge is 2.27. The fourth-order valence-electron chi connectivity index (χ4n) is 3.89. The highest BCUT2D eigenvalue weighted by atomic mass is 19.1. The second-order valence-corrected chi connectivity index (χ2v) is 7.93. The van der Waals surface area contributed by atoms with Gasteiger partial charge in [-0.25, -0.2) is 14.4 Å². The molecule has 1 aromatic heterocycles. The standard InChI is InChI=1S/C25H24FN5O4/c1-35-20-9-5-3-7-18(20)25(34)31-14-10-16(11-15-31)29-24(33)21-22(28-13-12-27-21)30-23(32)17-6-2-4-8-19(17)26/h2-9,12-13,16H,10-11,14-15H2,1H3,(H,29,33)(H,28,30,32). The Morgan fingerprint density at radius 1 is 0.943 bits per heavy atom. The van der Waals surface area contributed by atoms with Crippen molar-refractivity contribution < 1.29 is 23.5 Å². The molecule has 9 nitrogen and oxygen atoms in total. The number of rotatable bonds is 6. The summed E-state index contributed by atoms with van der Waals surface area (Å²) in [7, 11) is 1.52. The van der Waals surface area contributed by atoms with Gasteiger partial charge in [0.2, 0.25) is 0 Å². The molecule has 1 aliphatic heterocycles. The Labute approximate surface area is 201 Å². The van der Waals surface area contributed by atoms with E-state index < -0.39 is 17.6 Å². The van der Waals surface area contributed by atoms with E-state index in [2.05, 4.69) is 20.6 Å². The first-order chi connectivity index (χ1) is 17.0. The van der Waals surface area contributed by atoms with Gasteiger partial charge in [-0.1, -0.05) is 24.3 Å². The maximum absolute atomic E-state index is 13.9. The first-order valence-electron chi connectivity index (χ1n) is 11.1. The van der Waals surface area contributed by atoms with Crippen molar-refractivity contribution in [3.63, 3.8) is 0 Å². The SMILES string of the molecule is COc1ccccc1C(=O)N1CCC(NC(=O)c2nccnc2NC(=O)c2ccccc2F)CC1. The lowest BCUT2D eigenvalue weighted by atomic mass is 10.0. The van der Waals surface area contributed by atoms with Gasteiger partial charge in [-0.3, -0.25) is 14.4 Å². The smallest absolute Gasteiger partial charge is 0.273 e. The van der Waals surface area contributed by atoms with Gasteiger partial charge in [0, 0.05) is 31.5 Å². The van der Waals surface area contributed by atoms with Crippen LogP contribution < -0.4 is 15.4 Å². The Balaban J connectivity index is 1.38. The number of hydrogen-bond acceptors (Lipinski definition) is 6. The van der Waals surface area contributed by atoms with Gasteiger partial charge < -0.3 is 20.3 Å². The predicted molar refractivity (Wildman–Crippen MR) is 126 cm³/mol. The van der Waals surface area contributed by atoms with Crippen molar-refractivity contribution in [3.05, 3.63) is 83.6 Å². The van der Waals surface area contributed by atoms with Crippen LogP contribution in [-0.2, 0) is 0 Å². The first kappa shape index (κ1) is 23.8. The summed E-state index contributed by atoms with van der Waals surface area (Å²) < 4.78 is 19.2. The summed E-state index contributed by atoms with van der Waals surface area (Å²) in [6, 6.07) is 12.4. The molecule has 0 spiro atoms. The van der Waals surface area contributed by atoms with Crippen molar-refractivity contribution in [2.75, 3.05) is 25.5 Å². The van der Waals surface area contributed by atoms with E-state index in [9.17, 15) is 18.8 Å². The Morgan fingerprint density at radius 2 is 1.60 bits per heavy atom. The van der Waals surface area contributed by atoms with Crippen LogP contribution in [0, 0.1) is 5.82 Å². The summed E-state index contributed by atoms with van der Waals surface area (Å²) in [6.07, 6.45) is 3.76. The van der Waals surface area contributed by atoms with Crippen molar-refractivity contribution in [2.45, 2.75) is 18.9 Å². The van der Waals surface area contributed by atoms with Gasteiger partial charge in [0.05, 0.1) is 18.2 Å². The number of benzene rings is 2. The number of amides is 3. The fraction of sp³-hybridized carbons (Fsp3) is 0.240. The van der Waals surface area contributed by atoms with Crippen LogP contribution >= 0.6 is 0 Å². The molecule has 0 aliphatic carbocycles. The van der Waals surface area contributed by atoms with Crippen LogP contribution in [0.2, 0.25) is 0 Å². The summed E-state index contributed by atoms with van der Waals surface area (Å²) in [5, 5.41) is 5.35. The molecular weight excluding hydrogens is 453 g/mol. The molecule has 2 heterocycles. The molecule has 3 aromatic rings. The van der Waals surface area contributed by atoms with E-state index in [-0.39, 0.29) is 29.0 Å². The molecule has 1 saturated heterocycles. The van der Waals surface area contributed by atoms with Crippen molar-refractivity contribution in [3.8, 4) is 5.75 Å². The van der Waals surface area contributed by atoms with Crippen LogP contribution in [0.1, 0.15) is 44.0 Å². The van der Waals surface area contributed by atoms with Crippen LogP contribution in [0.15, 0.2) is 60.9 Å². The molecule has 0 radical (unpaired) electrons. The molecule has 10 heteroatoms. The van der Waals surface area contributed by atoms with Gasteiger partial charge >= 0.3 is 0 Å². The zero-order valence-electron chi connectivity index (χ0n) is 19.0. The van der Waals surface area contributed by atoms with Crippen molar-refractivity contribution in [1.29, 1.82) is 0 Å². The predicted octanol–water partition coefficient (Wildman–Crippen LogP) is 2.91. The Kier molecular flexibility index (Phi) is 7.30. The molecule has 0 unspecified atom stereocenters. The summed E-state index contributed by atoms with van der Waals surface area (Å²) in [5.74, 6) is -1.62. The minimum absolute atomic E-state index is 0.0676. The topological polar surface area (TPSA) is 114 Å². The van der Waals surface area contributed by atoms with E-state index >= 15 is 0 Å². The lowest BCUT2D eigenvalue weighted by molar-refractivity contribution is 0.0694. The Morgan fingerprint density at radius 3 is 2.31 bits per heavy atom. The molecule has 0 atom stereocenters. The Hall–Kier alpha value is -4.34. The number of piperidine rings is 1. The van der Waals surface area contributed by atoms with E-state index in [4.69, 9.17) is 4.74 Å². The van der Waals surface area contributed by atoms with Gasteiger partial charge in [-0.05, 0) is 37.1 Å². The van der Waals surface area contributed by atoms with E-state index in [1.807, 2.05) is 0 Å². The third-order valence-electron chi connectivity index (χ3n) is 5.72. The van der Waals surface area contributed by atoms with Crippen molar-refractivity contribution in [2.24, 2.45) is 0 Å². The lowest BCUT2D eigenvalue weighted by Gasteiger charge is -2.32. The number of carbonyl (C=O) groups is 3. The Bertz CT molecular complexity index is 1240. The number of carbonyl (C=O) groups excluding carboxylic acids is 3. The van der Waals surface area contributed by atoms with E-state index in [0.29, 0.717) is 37.2 Å². The third-order valence-corrected chi connectivity index (χ3v) is 5.72. The van der Waals surface area contributed by atoms with Gasteiger partial charge in [0.25, 0.3) is 17.7 Å². The zero-order chi connectivity index (χ0) is 24.8. The quantitative estimate of drug-likeness (QED) is 0.565. The van der Waals surface area contributed by atoms with Crippen LogP contribution in [-0.4, -0.2) is 58.8 Å². The normalized spacial score (nSPS) is 13.7. The molecule has 180 valence electrons. The van der Waals surface area contributed by atoms with E-state index in [1.54, 1.807) is 29.2 Å². The molecule has 35 heavy (non-hydrogen) atoms. The summed E-state index contributed by atoms with van der Waals surface area (Å²) in [5.41, 5.74) is 0.244. The molecule has 1 aliphatic rings. The summed E-state index contributed by atoms with van der Waals surface area (Å²) in [6.45, 7) is 0.915. The number of aromatic nitrogens is 2. The van der Waals surface area contributed by atoms with E-state index in [0.717, 1.165) is 0 Å². The summed E-state index contributed by atoms with van der Waals surface area (Å²) in [4.78, 5) is 48.1. The summed E-state index contributed by atoms with van der Waals surface area (Å²) >= 11 is 0. The average Bonchev–Trinajstić information content (AvgIpc) is 2.89. The number of ether oxygens (including phenoxy) is 1. The molecule has 0 bridgehead atoms. The maximum atomic E-state index is 13.9. The van der Waals surface area contributed by atoms with Crippen LogP contribution in [0.3, 0.4) is 0 Å². The molecule has 0 saturated carbocycles. The van der Waals surface area contributed by atoms with E-state index in [1.165, 1.54) is 43.8 Å². The van der Waals surface area contributed by atoms with Crippen LogP contribution in [0.4, 0.5) is 10.2 Å². The van der Waals surface area contributed by atoms with Gasteiger partial charge in [-0.15, -0.1) is 0 Å². The second-order valence-electron chi connectivity index (χ2n) is 7.93. The molecule has 1 fully saturated rings. The molecule has 2 aromatic carbocycles. The molecule has 3 amide bonds. The fourth-order valence-corrected chi connectivity index (χ4v) is 3.89. The van der Waals surface area contributed by atoms with Crippen LogP contribution in [0.5, 0.6) is 5.75 Å². The first-order valence-corrected chi connectivity index (χ1v) is 11.1. The van der Waals surface area contributed by atoms with Gasteiger partial charge in [-0.2, -0.15) is 0 Å². The number of nitrogens with zero attached hydrogens (tertiary/aromatic N) is 3. The van der Waals surface area contributed by atoms with Crippen molar-refractivity contribution >= 4 is 23.5 Å². The number of likely N-dealkylation sites (tertiary alicyclic amines) is 1. The minimum Gasteiger partial charge on any atom is -0.496 e.